The van der Waals surface area contributed by atoms with Gasteiger partial charge in [-0.2, -0.15) is 26.3 Å². The molecule has 4 rings (SSSR count). The van der Waals surface area contributed by atoms with E-state index in [1.165, 1.54) is 0 Å². The van der Waals surface area contributed by atoms with Crippen LogP contribution in [0, 0.1) is 24.7 Å². The summed E-state index contributed by atoms with van der Waals surface area (Å²) >= 11 is 0. The van der Waals surface area contributed by atoms with Crippen LogP contribution in [0.15, 0.2) is 36.4 Å². The molecule has 2 aliphatic rings. The largest absolute Gasteiger partial charge is 0.411 e. The van der Waals surface area contributed by atoms with E-state index >= 15 is 0 Å². The summed E-state index contributed by atoms with van der Waals surface area (Å²) < 4.78 is 87.5. The maximum Gasteiger partial charge on any atom is 0.411 e. The van der Waals surface area contributed by atoms with Crippen LogP contribution in [0.4, 0.5) is 26.3 Å². The number of fused-ring (bicyclic) bond motifs is 2. The molecule has 2 aromatic rings. The Morgan fingerprint density at radius 3 is 1.22 bits per heavy atom. The molecule has 0 atom stereocenters. The van der Waals surface area contributed by atoms with Gasteiger partial charge < -0.3 is 0 Å². The van der Waals surface area contributed by atoms with Crippen LogP contribution in [0.5, 0.6) is 0 Å². The summed E-state index contributed by atoms with van der Waals surface area (Å²) in [6.45, 7) is -1.08. The van der Waals surface area contributed by atoms with Gasteiger partial charge in [-0.05, 0) is 35.4 Å². The molecule has 0 radical (unpaired) electrons. The zero-order valence-corrected chi connectivity index (χ0v) is 18.3. The molecule has 4 amide bonds. The van der Waals surface area contributed by atoms with E-state index in [2.05, 4.69) is 0 Å². The lowest BCUT2D eigenvalue weighted by Crippen LogP contribution is -2.55. The highest BCUT2D eigenvalue weighted by atomic mass is 19.4. The highest BCUT2D eigenvalue weighted by molar-refractivity contribution is 6.22. The second-order valence-corrected chi connectivity index (χ2v) is 8.07. The number of amides is 4. The van der Waals surface area contributed by atoms with Crippen molar-refractivity contribution in [3.05, 3.63) is 69.8 Å². The Hall–Kier alpha value is -4.58. The number of hydrogen-bond acceptors (Lipinski definition) is 4. The molecule has 2 heterocycles. The maximum atomic E-state index is 14.6. The molecule has 0 bridgehead atoms. The van der Waals surface area contributed by atoms with Gasteiger partial charge in [0, 0.05) is 0 Å². The molecule has 12 heteroatoms. The van der Waals surface area contributed by atoms with Crippen LogP contribution < -0.4 is 0 Å². The van der Waals surface area contributed by atoms with Crippen LogP contribution in [-0.4, -0.2) is 58.9 Å². The molecule has 188 valence electrons. The van der Waals surface area contributed by atoms with Gasteiger partial charge in [0.25, 0.3) is 23.6 Å². The average molecular weight is 518 g/mol. The summed E-state index contributed by atoms with van der Waals surface area (Å²) in [5, 5.41) is 0. The van der Waals surface area contributed by atoms with Gasteiger partial charge in [0.15, 0.2) is 0 Å². The summed E-state index contributed by atoms with van der Waals surface area (Å²) in [5.74, 6) is -0.212. The van der Waals surface area contributed by atoms with Crippen molar-refractivity contribution >= 4 is 23.6 Å². The lowest BCUT2D eigenvalue weighted by atomic mass is 9.71. The number of hydrogen-bond donors (Lipinski definition) is 0. The van der Waals surface area contributed by atoms with Crippen molar-refractivity contribution in [3.63, 3.8) is 0 Å². The molecular formula is C25H12F6N2O4. The van der Waals surface area contributed by atoms with Crippen LogP contribution >= 0.6 is 0 Å². The van der Waals surface area contributed by atoms with Gasteiger partial charge >= 0.3 is 12.4 Å². The quantitative estimate of drug-likeness (QED) is 0.353. The van der Waals surface area contributed by atoms with Gasteiger partial charge in [0.1, 0.15) is 0 Å². The van der Waals surface area contributed by atoms with E-state index in [9.17, 15) is 45.5 Å². The average Bonchev–Trinajstić information content (AvgIpc) is 3.18. The number of alkyl halides is 6. The highest BCUT2D eigenvalue weighted by Gasteiger charge is 2.73. The highest BCUT2D eigenvalue weighted by Crippen LogP contribution is 2.57. The summed E-state index contributed by atoms with van der Waals surface area (Å²) in [5.41, 5.74) is -9.80. The van der Waals surface area contributed by atoms with Gasteiger partial charge in [0.05, 0.1) is 35.3 Å². The summed E-state index contributed by atoms with van der Waals surface area (Å²) in [4.78, 5) is 50.9. The van der Waals surface area contributed by atoms with E-state index in [0.717, 1.165) is 0 Å². The fraction of sp³-hybridized carbons (Fsp3) is 0.200. The van der Waals surface area contributed by atoms with Crippen molar-refractivity contribution < 1.29 is 45.5 Å². The van der Waals surface area contributed by atoms with E-state index in [1.54, 1.807) is 0 Å². The van der Waals surface area contributed by atoms with Gasteiger partial charge in [0.2, 0.25) is 5.41 Å². The second-order valence-electron chi connectivity index (χ2n) is 8.07. The standard InChI is InChI=1S/C25H12F6N2O4/c1-3-9-32-19(34)15-7-5-13(11-17(15)21(32)36)23(24(26,27)28,25(29,30)31)14-6-8-16-18(12-14)22(37)33(10-4-2)20(16)35/h1-2,5-8,11-12H,9-10H2. The first-order valence-electron chi connectivity index (χ1n) is 10.2. The first-order chi connectivity index (χ1) is 17.2. The van der Waals surface area contributed by atoms with E-state index < -0.39 is 87.9 Å². The predicted molar refractivity (Wildman–Crippen MR) is 114 cm³/mol. The zero-order valence-electron chi connectivity index (χ0n) is 18.3. The van der Waals surface area contributed by atoms with E-state index in [4.69, 9.17) is 12.8 Å². The number of terminal acetylenes is 2. The zero-order chi connectivity index (χ0) is 27.5. The van der Waals surface area contributed by atoms with Gasteiger partial charge in [-0.15, -0.1) is 12.8 Å². The fourth-order valence-corrected chi connectivity index (χ4v) is 4.50. The Morgan fingerprint density at radius 2 is 0.919 bits per heavy atom. The van der Waals surface area contributed by atoms with E-state index in [1.807, 2.05) is 11.8 Å². The molecule has 0 saturated heterocycles. The third kappa shape index (κ3) is 3.40. The summed E-state index contributed by atoms with van der Waals surface area (Å²) in [6.07, 6.45) is -1.92. The number of carbonyl (C=O) groups excluding carboxylic acids is 4. The molecule has 2 aromatic carbocycles. The molecule has 0 aromatic heterocycles. The van der Waals surface area contributed by atoms with Crippen molar-refractivity contribution in [2.24, 2.45) is 0 Å². The third-order valence-corrected chi connectivity index (χ3v) is 6.16. The first-order valence-corrected chi connectivity index (χ1v) is 10.2. The van der Waals surface area contributed by atoms with E-state index in [-0.39, 0.29) is 0 Å². The third-order valence-electron chi connectivity index (χ3n) is 6.16. The minimum atomic E-state index is -6.05. The molecule has 0 aliphatic carbocycles. The normalized spacial score (nSPS) is 15.6. The molecular weight excluding hydrogens is 506 g/mol. The molecule has 0 fully saturated rings. The van der Waals surface area contributed by atoms with Gasteiger partial charge in [-0.1, -0.05) is 24.0 Å². The SMILES string of the molecule is C#CCN1C(=O)c2ccc(C(c3ccc4c(c3)C(=O)N(CC#C)C4=O)(C(F)(F)F)C(F)(F)F)cc2C1=O. The van der Waals surface area contributed by atoms with Crippen LogP contribution in [0.1, 0.15) is 52.6 Å². The molecule has 6 nitrogen and oxygen atoms in total. The number of nitrogens with zero attached hydrogens (tertiary/aromatic N) is 2. The Balaban J connectivity index is 2.00. The van der Waals surface area contributed by atoms with Crippen LogP contribution in [0.2, 0.25) is 0 Å². The van der Waals surface area contributed by atoms with Crippen molar-refractivity contribution in [1.82, 2.24) is 9.80 Å². The minimum absolute atomic E-state index is 0.345. The fourth-order valence-electron chi connectivity index (χ4n) is 4.50. The lowest BCUT2D eigenvalue weighted by molar-refractivity contribution is -0.288. The summed E-state index contributed by atoms with van der Waals surface area (Å²) in [7, 11) is 0. The van der Waals surface area contributed by atoms with Gasteiger partial charge in [-0.25, -0.2) is 0 Å². The number of halogens is 6. The number of carbonyl (C=O) groups is 4. The summed E-state index contributed by atoms with van der Waals surface area (Å²) in [6, 6.07) is 2.94. The maximum absolute atomic E-state index is 14.6. The molecule has 37 heavy (non-hydrogen) atoms. The van der Waals surface area contributed by atoms with Crippen molar-refractivity contribution in [3.8, 4) is 24.7 Å². The lowest BCUT2D eigenvalue weighted by Gasteiger charge is -2.38. The monoisotopic (exact) mass is 518 g/mol. The molecule has 0 unspecified atom stereocenters. The van der Waals surface area contributed by atoms with Crippen molar-refractivity contribution in [2.75, 3.05) is 13.1 Å². The second kappa shape index (κ2) is 8.23. The Labute approximate surface area is 204 Å². The van der Waals surface area contributed by atoms with Crippen molar-refractivity contribution in [2.45, 2.75) is 17.8 Å². The molecule has 2 aliphatic heterocycles. The Kier molecular flexibility index (Phi) is 5.68. The Morgan fingerprint density at radius 1 is 0.595 bits per heavy atom. The van der Waals surface area contributed by atoms with Gasteiger partial charge in [-0.3, -0.25) is 29.0 Å². The molecule has 0 saturated carbocycles. The molecule has 0 N–H and O–H groups in total. The number of imide groups is 2. The van der Waals surface area contributed by atoms with Crippen molar-refractivity contribution in [1.29, 1.82) is 0 Å². The predicted octanol–water partition coefficient (Wildman–Crippen LogP) is 3.56. The van der Waals surface area contributed by atoms with Crippen LogP contribution in [0.3, 0.4) is 0 Å². The smallest absolute Gasteiger partial charge is 0.269 e. The molecule has 0 spiro atoms. The van der Waals surface area contributed by atoms with Crippen LogP contribution in [-0.2, 0) is 5.41 Å². The van der Waals surface area contributed by atoms with Crippen LogP contribution in [0.25, 0.3) is 0 Å². The Bertz CT molecular complexity index is 1360. The number of rotatable bonds is 4. The van der Waals surface area contributed by atoms with E-state index in [0.29, 0.717) is 46.2 Å². The number of benzene rings is 2. The topological polar surface area (TPSA) is 74.8 Å². The first kappa shape index (κ1) is 25.5. The minimum Gasteiger partial charge on any atom is -0.269 e.